The number of carbonyl (C=O) groups is 1. The Morgan fingerprint density at radius 3 is 2.70 bits per heavy atom. The number of amides is 1. The van der Waals surface area contributed by atoms with Crippen LogP contribution in [0.5, 0.6) is 0 Å². The van der Waals surface area contributed by atoms with Gasteiger partial charge in [0.2, 0.25) is 0 Å². The Labute approximate surface area is 120 Å². The minimum absolute atomic E-state index is 0.121. The zero-order valence-corrected chi connectivity index (χ0v) is 11.3. The molecule has 0 fully saturated rings. The molecule has 0 heterocycles. The van der Waals surface area contributed by atoms with Crippen molar-refractivity contribution < 1.29 is 9.18 Å². The van der Waals surface area contributed by atoms with Crippen LogP contribution in [0.25, 0.3) is 0 Å². The fraction of sp³-hybridized carbons (Fsp3) is 0.0667. The van der Waals surface area contributed by atoms with Gasteiger partial charge in [0.05, 0.1) is 5.56 Å². The molecule has 3 nitrogen and oxygen atoms in total. The quantitative estimate of drug-likeness (QED) is 0.911. The van der Waals surface area contributed by atoms with Crippen LogP contribution in [0.3, 0.4) is 0 Å². The minimum Gasteiger partial charge on any atom is -0.322 e. The second-order valence-corrected chi connectivity index (χ2v) is 4.63. The average Bonchev–Trinajstić information content (AvgIpc) is 2.43. The molecular weight excluding hydrogens is 279 g/mol. The summed E-state index contributed by atoms with van der Waals surface area (Å²) in [4.78, 5) is 12.0. The van der Waals surface area contributed by atoms with Crippen molar-refractivity contribution in [2.75, 3.05) is 5.32 Å². The van der Waals surface area contributed by atoms with Crippen LogP contribution >= 0.6 is 11.6 Å². The second kappa shape index (κ2) is 5.72. The molecule has 1 amide bonds. The van der Waals surface area contributed by atoms with Gasteiger partial charge in [-0.25, -0.2) is 4.39 Å². The number of benzene rings is 2. The monoisotopic (exact) mass is 288 g/mol. The molecule has 0 atom stereocenters. The fourth-order valence-corrected chi connectivity index (χ4v) is 1.81. The summed E-state index contributed by atoms with van der Waals surface area (Å²) in [5.41, 5.74) is 1.49. The maximum absolute atomic E-state index is 13.2. The van der Waals surface area contributed by atoms with E-state index in [-0.39, 0.29) is 11.5 Å². The van der Waals surface area contributed by atoms with Gasteiger partial charge in [0.1, 0.15) is 11.9 Å². The lowest BCUT2D eigenvalue weighted by molar-refractivity contribution is 0.102. The molecule has 2 aromatic rings. The number of rotatable bonds is 2. The van der Waals surface area contributed by atoms with Crippen molar-refractivity contribution >= 4 is 23.2 Å². The molecule has 1 N–H and O–H groups in total. The van der Waals surface area contributed by atoms with E-state index in [0.29, 0.717) is 16.3 Å². The molecule has 0 aliphatic rings. The van der Waals surface area contributed by atoms with Crippen LogP contribution in [0, 0.1) is 24.1 Å². The molecule has 20 heavy (non-hydrogen) atoms. The molecule has 0 bridgehead atoms. The van der Waals surface area contributed by atoms with Gasteiger partial charge in [-0.2, -0.15) is 5.26 Å². The van der Waals surface area contributed by atoms with Crippen molar-refractivity contribution in [1.82, 2.24) is 0 Å². The molecule has 0 spiro atoms. The Morgan fingerprint density at radius 1 is 1.30 bits per heavy atom. The fourth-order valence-electron chi connectivity index (χ4n) is 1.63. The topological polar surface area (TPSA) is 52.9 Å². The Balaban J connectivity index is 2.23. The number of halogens is 2. The van der Waals surface area contributed by atoms with Crippen LogP contribution in [-0.2, 0) is 0 Å². The molecule has 0 unspecified atom stereocenters. The maximum atomic E-state index is 13.2. The largest absolute Gasteiger partial charge is 0.322 e. The van der Waals surface area contributed by atoms with Crippen molar-refractivity contribution in [1.29, 1.82) is 5.26 Å². The molecule has 100 valence electrons. The van der Waals surface area contributed by atoms with Gasteiger partial charge in [0, 0.05) is 16.3 Å². The summed E-state index contributed by atoms with van der Waals surface area (Å²) in [6.07, 6.45) is 0. The van der Waals surface area contributed by atoms with Gasteiger partial charge in [-0.3, -0.25) is 4.79 Å². The lowest BCUT2D eigenvalue weighted by Crippen LogP contribution is -2.12. The van der Waals surface area contributed by atoms with Crippen molar-refractivity contribution in [2.45, 2.75) is 6.92 Å². The first kappa shape index (κ1) is 14.0. The van der Waals surface area contributed by atoms with E-state index in [1.54, 1.807) is 24.3 Å². The molecule has 2 aromatic carbocycles. The Bertz CT molecular complexity index is 722. The summed E-state index contributed by atoms with van der Waals surface area (Å²) in [6.45, 7) is 1.84. The van der Waals surface area contributed by atoms with Gasteiger partial charge >= 0.3 is 0 Å². The number of hydrogen-bond donors (Lipinski definition) is 1. The van der Waals surface area contributed by atoms with Gasteiger partial charge in [-0.05, 0) is 42.8 Å². The van der Waals surface area contributed by atoms with E-state index in [0.717, 1.165) is 11.6 Å². The Kier molecular flexibility index (Phi) is 4.02. The van der Waals surface area contributed by atoms with E-state index in [2.05, 4.69) is 5.32 Å². The van der Waals surface area contributed by atoms with Crippen LogP contribution in [0.15, 0.2) is 36.4 Å². The maximum Gasteiger partial charge on any atom is 0.255 e. The Morgan fingerprint density at radius 2 is 2.05 bits per heavy atom. The van der Waals surface area contributed by atoms with E-state index < -0.39 is 5.82 Å². The number of aryl methyl sites for hydroxylation is 1. The summed E-state index contributed by atoms with van der Waals surface area (Å²) in [5.74, 6) is -0.994. The zero-order valence-electron chi connectivity index (χ0n) is 10.6. The Hall–Kier alpha value is -2.38. The summed E-state index contributed by atoms with van der Waals surface area (Å²) >= 11 is 5.96. The first-order valence-corrected chi connectivity index (χ1v) is 6.16. The standard InChI is InChI=1S/C15H10ClFN2O/c1-9-2-3-10(7-13(9)16)15(20)19-12-4-5-14(17)11(6-12)8-18/h2-7H,1H3,(H,19,20). The summed E-state index contributed by atoms with van der Waals surface area (Å²) in [5, 5.41) is 11.8. The summed E-state index contributed by atoms with van der Waals surface area (Å²) in [6, 6.07) is 10.5. The number of hydrogen-bond acceptors (Lipinski definition) is 2. The van der Waals surface area contributed by atoms with Gasteiger partial charge in [-0.1, -0.05) is 17.7 Å². The van der Waals surface area contributed by atoms with Crippen molar-refractivity contribution in [3.05, 3.63) is 63.9 Å². The lowest BCUT2D eigenvalue weighted by atomic mass is 10.1. The third kappa shape index (κ3) is 2.95. The molecule has 0 aromatic heterocycles. The lowest BCUT2D eigenvalue weighted by Gasteiger charge is -2.07. The van der Waals surface area contributed by atoms with E-state index in [1.165, 1.54) is 12.1 Å². The van der Waals surface area contributed by atoms with E-state index in [9.17, 15) is 9.18 Å². The van der Waals surface area contributed by atoms with Crippen molar-refractivity contribution in [2.24, 2.45) is 0 Å². The number of carbonyl (C=O) groups excluding carboxylic acids is 1. The highest BCUT2D eigenvalue weighted by Crippen LogP contribution is 2.19. The normalized spacial score (nSPS) is 9.90. The molecule has 0 aliphatic heterocycles. The van der Waals surface area contributed by atoms with Crippen LogP contribution < -0.4 is 5.32 Å². The van der Waals surface area contributed by atoms with E-state index in [1.807, 2.05) is 6.92 Å². The highest BCUT2D eigenvalue weighted by Gasteiger charge is 2.09. The number of nitrogens with zero attached hydrogens (tertiary/aromatic N) is 1. The van der Waals surface area contributed by atoms with Gasteiger partial charge in [0.15, 0.2) is 0 Å². The predicted octanol–water partition coefficient (Wildman–Crippen LogP) is 3.91. The first-order chi connectivity index (χ1) is 9.51. The number of anilines is 1. The van der Waals surface area contributed by atoms with Gasteiger partial charge in [-0.15, -0.1) is 0 Å². The SMILES string of the molecule is Cc1ccc(C(=O)Nc2ccc(F)c(C#N)c2)cc1Cl. The van der Waals surface area contributed by atoms with Crippen LogP contribution in [0.1, 0.15) is 21.5 Å². The third-order valence-electron chi connectivity index (χ3n) is 2.78. The van der Waals surface area contributed by atoms with Crippen LogP contribution in [0.2, 0.25) is 5.02 Å². The zero-order chi connectivity index (χ0) is 14.7. The van der Waals surface area contributed by atoms with Gasteiger partial charge < -0.3 is 5.32 Å². The number of nitriles is 1. The molecule has 5 heteroatoms. The van der Waals surface area contributed by atoms with Crippen molar-refractivity contribution in [3.63, 3.8) is 0 Å². The van der Waals surface area contributed by atoms with Crippen molar-refractivity contribution in [3.8, 4) is 6.07 Å². The summed E-state index contributed by atoms with van der Waals surface area (Å²) < 4.78 is 13.2. The molecule has 0 aliphatic carbocycles. The second-order valence-electron chi connectivity index (χ2n) is 4.22. The minimum atomic E-state index is -0.621. The van der Waals surface area contributed by atoms with E-state index >= 15 is 0 Å². The summed E-state index contributed by atoms with van der Waals surface area (Å²) in [7, 11) is 0. The highest BCUT2D eigenvalue weighted by atomic mass is 35.5. The van der Waals surface area contributed by atoms with Crippen LogP contribution in [0.4, 0.5) is 10.1 Å². The molecule has 2 rings (SSSR count). The molecular formula is C15H10ClFN2O. The smallest absolute Gasteiger partial charge is 0.255 e. The molecule has 0 radical (unpaired) electrons. The van der Waals surface area contributed by atoms with E-state index in [4.69, 9.17) is 16.9 Å². The average molecular weight is 289 g/mol. The van der Waals surface area contributed by atoms with Crippen LogP contribution in [-0.4, -0.2) is 5.91 Å². The molecule has 0 saturated carbocycles. The van der Waals surface area contributed by atoms with Gasteiger partial charge in [0.25, 0.3) is 5.91 Å². The predicted molar refractivity (Wildman–Crippen MR) is 75.3 cm³/mol. The third-order valence-corrected chi connectivity index (χ3v) is 3.19. The first-order valence-electron chi connectivity index (χ1n) is 5.78. The molecule has 0 saturated heterocycles. The number of nitrogens with one attached hydrogen (secondary N) is 1. The highest BCUT2D eigenvalue weighted by molar-refractivity contribution is 6.31.